The zero-order valence-corrected chi connectivity index (χ0v) is 13.6. The van der Waals surface area contributed by atoms with Crippen LogP contribution in [0.4, 0.5) is 5.13 Å². The van der Waals surface area contributed by atoms with Crippen LogP contribution in [0.3, 0.4) is 0 Å². The molecule has 0 aliphatic heterocycles. The highest BCUT2D eigenvalue weighted by Gasteiger charge is 2.21. The van der Waals surface area contributed by atoms with Crippen molar-refractivity contribution in [2.24, 2.45) is 0 Å². The number of oxazole rings is 1. The van der Waals surface area contributed by atoms with Crippen molar-refractivity contribution in [3.05, 3.63) is 39.3 Å². The summed E-state index contributed by atoms with van der Waals surface area (Å²) in [6, 6.07) is 4.24. The lowest BCUT2D eigenvalue weighted by Gasteiger charge is -2.06. The molecule has 120 valence electrons. The Balaban J connectivity index is 1.68. The molecule has 4 rings (SSSR count). The highest BCUT2D eigenvalue weighted by Crippen LogP contribution is 2.31. The van der Waals surface area contributed by atoms with Crippen LogP contribution in [0.5, 0.6) is 0 Å². The summed E-state index contributed by atoms with van der Waals surface area (Å²) in [4.78, 5) is 19.2. The molecule has 0 radical (unpaired) electrons. The predicted octanol–water partition coefficient (Wildman–Crippen LogP) is 2.26. The minimum atomic E-state index is -3.77. The van der Waals surface area contributed by atoms with Crippen LogP contribution in [0.15, 0.2) is 32.3 Å². The van der Waals surface area contributed by atoms with Gasteiger partial charge in [0.25, 0.3) is 10.0 Å². The predicted molar refractivity (Wildman–Crippen MR) is 86.4 cm³/mol. The molecule has 0 amide bonds. The second-order valence-electron chi connectivity index (χ2n) is 5.37. The van der Waals surface area contributed by atoms with E-state index in [-0.39, 0.29) is 10.5 Å². The minimum absolute atomic E-state index is 0.0286. The summed E-state index contributed by atoms with van der Waals surface area (Å²) in [6.45, 7) is 0. The quantitative estimate of drug-likeness (QED) is 0.753. The third kappa shape index (κ3) is 2.66. The normalized spacial score (nSPS) is 14.8. The summed E-state index contributed by atoms with van der Waals surface area (Å²) >= 11 is 1.38. The Hall–Kier alpha value is -2.13. The molecule has 0 saturated heterocycles. The number of nitrogens with one attached hydrogen (secondary N) is 2. The maximum Gasteiger partial charge on any atom is 0.417 e. The fraction of sp³-hybridized carbons (Fsp3) is 0.286. The fourth-order valence-electron chi connectivity index (χ4n) is 2.66. The lowest BCUT2D eigenvalue weighted by atomic mass is 10.0. The molecule has 2 heterocycles. The van der Waals surface area contributed by atoms with Crippen LogP contribution in [0.25, 0.3) is 11.1 Å². The van der Waals surface area contributed by atoms with Crippen molar-refractivity contribution < 1.29 is 12.8 Å². The average Bonchev–Trinajstić information content (AvgIpc) is 3.06. The Morgan fingerprint density at radius 3 is 2.91 bits per heavy atom. The molecule has 2 N–H and O–H groups in total. The van der Waals surface area contributed by atoms with Gasteiger partial charge in [0.05, 0.1) is 16.1 Å². The Labute approximate surface area is 135 Å². The zero-order chi connectivity index (χ0) is 16.0. The van der Waals surface area contributed by atoms with Gasteiger partial charge in [-0.1, -0.05) is 0 Å². The molecule has 0 spiro atoms. The number of rotatable bonds is 3. The summed E-state index contributed by atoms with van der Waals surface area (Å²) in [5.74, 6) is -0.616. The van der Waals surface area contributed by atoms with Crippen molar-refractivity contribution in [2.75, 3.05) is 4.72 Å². The Bertz CT molecular complexity index is 1020. The summed E-state index contributed by atoms with van der Waals surface area (Å²) < 4.78 is 32.4. The van der Waals surface area contributed by atoms with Crippen molar-refractivity contribution >= 4 is 37.6 Å². The van der Waals surface area contributed by atoms with E-state index in [4.69, 9.17) is 4.42 Å². The topological polar surface area (TPSA) is 105 Å². The largest absolute Gasteiger partial charge is 0.417 e. The van der Waals surface area contributed by atoms with Crippen LogP contribution in [-0.2, 0) is 22.9 Å². The molecular weight excluding hydrogens is 338 g/mol. The fourth-order valence-corrected chi connectivity index (χ4v) is 4.96. The van der Waals surface area contributed by atoms with Gasteiger partial charge < -0.3 is 4.42 Å². The van der Waals surface area contributed by atoms with E-state index in [1.807, 2.05) is 0 Å². The number of anilines is 1. The molecule has 2 aromatic heterocycles. The third-order valence-electron chi connectivity index (χ3n) is 3.77. The van der Waals surface area contributed by atoms with Gasteiger partial charge in [-0.05, 0) is 37.8 Å². The second kappa shape index (κ2) is 5.20. The smallest absolute Gasteiger partial charge is 0.408 e. The Kier molecular flexibility index (Phi) is 3.27. The molecule has 23 heavy (non-hydrogen) atoms. The molecule has 1 aliphatic carbocycles. The number of H-pyrrole nitrogens is 1. The molecular formula is C14H13N3O4S2. The van der Waals surface area contributed by atoms with Crippen molar-refractivity contribution in [1.82, 2.24) is 9.97 Å². The van der Waals surface area contributed by atoms with E-state index >= 15 is 0 Å². The maximum absolute atomic E-state index is 12.5. The maximum atomic E-state index is 12.5. The average molecular weight is 351 g/mol. The number of benzene rings is 1. The zero-order valence-electron chi connectivity index (χ0n) is 12.0. The van der Waals surface area contributed by atoms with Gasteiger partial charge in [-0.15, -0.1) is 11.3 Å². The minimum Gasteiger partial charge on any atom is -0.408 e. The number of hydrogen-bond donors (Lipinski definition) is 2. The van der Waals surface area contributed by atoms with Crippen LogP contribution in [-0.4, -0.2) is 18.4 Å². The number of hydrogen-bond acceptors (Lipinski definition) is 6. The summed E-state index contributed by atoms with van der Waals surface area (Å²) in [7, 11) is -3.77. The molecule has 0 unspecified atom stereocenters. The van der Waals surface area contributed by atoms with Gasteiger partial charge in [0.1, 0.15) is 0 Å². The molecule has 9 heteroatoms. The van der Waals surface area contributed by atoms with Crippen LogP contribution < -0.4 is 10.5 Å². The van der Waals surface area contributed by atoms with E-state index in [1.165, 1.54) is 29.5 Å². The van der Waals surface area contributed by atoms with Crippen LogP contribution in [0, 0.1) is 0 Å². The SMILES string of the molecule is O=c1[nH]c2ccc(S(=O)(=O)Nc3nc4c(s3)CCCC4)cc2o1. The lowest BCUT2D eigenvalue weighted by molar-refractivity contribution is 0.554. The number of nitrogens with zero attached hydrogens (tertiary/aromatic N) is 1. The molecule has 0 atom stereocenters. The molecule has 7 nitrogen and oxygen atoms in total. The van der Waals surface area contributed by atoms with Gasteiger partial charge in [0, 0.05) is 10.9 Å². The van der Waals surface area contributed by atoms with E-state index < -0.39 is 15.8 Å². The van der Waals surface area contributed by atoms with Gasteiger partial charge in [-0.3, -0.25) is 9.71 Å². The number of thiazole rings is 1. The summed E-state index contributed by atoms with van der Waals surface area (Å²) in [6.07, 6.45) is 4.06. The van der Waals surface area contributed by atoms with E-state index in [0.717, 1.165) is 36.3 Å². The number of fused-ring (bicyclic) bond motifs is 2. The molecule has 3 aromatic rings. The monoisotopic (exact) mass is 351 g/mol. The molecule has 0 fully saturated rings. The first-order valence-corrected chi connectivity index (χ1v) is 9.45. The Morgan fingerprint density at radius 2 is 2.09 bits per heavy atom. The number of aromatic nitrogens is 2. The number of sulfonamides is 1. The van der Waals surface area contributed by atoms with Crippen molar-refractivity contribution in [2.45, 2.75) is 30.6 Å². The number of aromatic amines is 1. The van der Waals surface area contributed by atoms with Crippen molar-refractivity contribution in [3.8, 4) is 0 Å². The molecule has 0 saturated carbocycles. The van der Waals surface area contributed by atoms with Crippen LogP contribution in [0.2, 0.25) is 0 Å². The summed E-state index contributed by atoms with van der Waals surface area (Å²) in [5, 5.41) is 0.382. The van der Waals surface area contributed by atoms with Gasteiger partial charge in [-0.25, -0.2) is 18.2 Å². The van der Waals surface area contributed by atoms with Crippen molar-refractivity contribution in [3.63, 3.8) is 0 Å². The van der Waals surface area contributed by atoms with Crippen LogP contribution >= 0.6 is 11.3 Å². The van der Waals surface area contributed by atoms with Crippen LogP contribution in [0.1, 0.15) is 23.4 Å². The highest BCUT2D eigenvalue weighted by atomic mass is 32.2. The molecule has 0 bridgehead atoms. The summed E-state index contributed by atoms with van der Waals surface area (Å²) in [5.41, 5.74) is 1.65. The highest BCUT2D eigenvalue weighted by molar-refractivity contribution is 7.93. The molecule has 1 aromatic carbocycles. The van der Waals surface area contributed by atoms with Gasteiger partial charge in [0.15, 0.2) is 10.7 Å². The van der Waals surface area contributed by atoms with Gasteiger partial charge >= 0.3 is 5.76 Å². The van der Waals surface area contributed by atoms with Gasteiger partial charge in [-0.2, -0.15) is 0 Å². The van der Waals surface area contributed by atoms with Gasteiger partial charge in [0.2, 0.25) is 0 Å². The van der Waals surface area contributed by atoms with E-state index in [0.29, 0.717) is 10.6 Å². The standard InChI is InChI=1S/C14H13N3O4S2/c18-14-16-9-6-5-8(7-11(9)21-14)23(19,20)17-13-15-10-3-1-2-4-12(10)22-13/h5-7H,1-4H2,(H,15,17)(H,16,18). The van der Waals surface area contributed by atoms with E-state index in [1.54, 1.807) is 0 Å². The van der Waals surface area contributed by atoms with E-state index in [2.05, 4.69) is 14.7 Å². The first-order chi connectivity index (χ1) is 11.0. The Morgan fingerprint density at radius 1 is 1.26 bits per heavy atom. The molecule has 1 aliphatic rings. The van der Waals surface area contributed by atoms with Crippen molar-refractivity contribution in [1.29, 1.82) is 0 Å². The second-order valence-corrected chi connectivity index (χ2v) is 8.14. The first kappa shape index (κ1) is 14.5. The number of aryl methyl sites for hydroxylation is 2. The third-order valence-corrected chi connectivity index (χ3v) is 6.31. The lowest BCUT2D eigenvalue weighted by Crippen LogP contribution is -2.12. The first-order valence-electron chi connectivity index (χ1n) is 7.15. The van der Waals surface area contributed by atoms with E-state index in [9.17, 15) is 13.2 Å².